The first kappa shape index (κ1) is 18.9. The van der Waals surface area contributed by atoms with Gasteiger partial charge >= 0.3 is 0 Å². The Morgan fingerprint density at radius 3 is 2.57 bits per heavy atom. The van der Waals surface area contributed by atoms with Gasteiger partial charge in [-0.15, -0.1) is 21.5 Å². The van der Waals surface area contributed by atoms with Gasteiger partial charge in [-0.1, -0.05) is 23.9 Å². The highest BCUT2D eigenvalue weighted by molar-refractivity contribution is 8.01. The van der Waals surface area contributed by atoms with E-state index >= 15 is 0 Å². The van der Waals surface area contributed by atoms with Crippen molar-refractivity contribution in [1.82, 2.24) is 34.8 Å². The molecule has 1 amide bonds. The summed E-state index contributed by atoms with van der Waals surface area (Å²) in [6.07, 6.45) is 3.04. The minimum absolute atomic E-state index is 0.145. The number of hydrogen-bond donors (Lipinski definition) is 0. The number of piperazine rings is 1. The van der Waals surface area contributed by atoms with Gasteiger partial charge in [-0.05, 0) is 24.3 Å². The summed E-state index contributed by atoms with van der Waals surface area (Å²) < 4.78 is 3.65. The SMILES string of the molecule is O=C(CSc1nc2ccccc2s1)N1CCN(c2ccc(-n3cncn3)nn2)CC1. The van der Waals surface area contributed by atoms with Gasteiger partial charge in [0.2, 0.25) is 5.91 Å². The minimum Gasteiger partial charge on any atom is -0.352 e. The van der Waals surface area contributed by atoms with Crippen LogP contribution in [0.3, 0.4) is 0 Å². The number of thiazole rings is 1. The van der Waals surface area contributed by atoms with Crippen molar-refractivity contribution in [1.29, 1.82) is 0 Å². The lowest BCUT2D eigenvalue weighted by Crippen LogP contribution is -2.49. The van der Waals surface area contributed by atoms with E-state index in [1.54, 1.807) is 22.3 Å². The van der Waals surface area contributed by atoms with Crippen LogP contribution in [0.2, 0.25) is 0 Å². The molecule has 0 N–H and O–H groups in total. The van der Waals surface area contributed by atoms with Gasteiger partial charge in [0, 0.05) is 26.2 Å². The molecule has 4 aromatic rings. The van der Waals surface area contributed by atoms with E-state index in [1.807, 2.05) is 35.2 Å². The Kier molecular flexibility index (Phi) is 5.28. The first-order valence-corrected chi connectivity index (χ1v) is 11.3. The van der Waals surface area contributed by atoms with Gasteiger partial charge in [0.1, 0.15) is 12.7 Å². The third-order valence-corrected chi connectivity index (χ3v) is 7.00. The van der Waals surface area contributed by atoms with Crippen LogP contribution >= 0.6 is 23.1 Å². The zero-order valence-corrected chi connectivity index (χ0v) is 17.6. The standard InChI is InChI=1S/C19H18N8OS2/c28-18(11-29-19-22-14-3-1-2-4-15(14)30-19)26-9-7-25(8-10-26)16-5-6-17(24-23-16)27-13-20-12-21-27/h1-6,12-13H,7-11H2. The molecule has 1 aliphatic rings. The largest absolute Gasteiger partial charge is 0.352 e. The maximum absolute atomic E-state index is 12.6. The number of para-hydroxylation sites is 1. The summed E-state index contributed by atoms with van der Waals surface area (Å²) in [5, 5.41) is 12.6. The fourth-order valence-corrected chi connectivity index (χ4v) is 5.22. The highest BCUT2D eigenvalue weighted by Gasteiger charge is 2.22. The van der Waals surface area contributed by atoms with E-state index in [0.717, 1.165) is 33.5 Å². The average Bonchev–Trinajstić information content (AvgIpc) is 3.47. The normalized spacial score (nSPS) is 14.4. The van der Waals surface area contributed by atoms with Crippen LogP contribution in [0, 0.1) is 0 Å². The number of carbonyl (C=O) groups is 1. The maximum Gasteiger partial charge on any atom is 0.233 e. The molecular formula is C19H18N8OS2. The Hall–Kier alpha value is -3.05. The molecule has 1 aliphatic heterocycles. The van der Waals surface area contributed by atoms with Gasteiger partial charge < -0.3 is 9.80 Å². The molecule has 9 nitrogen and oxygen atoms in total. The summed E-state index contributed by atoms with van der Waals surface area (Å²) in [5.74, 6) is 1.98. The first-order chi connectivity index (χ1) is 14.8. The molecule has 0 saturated carbocycles. The van der Waals surface area contributed by atoms with Crippen molar-refractivity contribution in [2.45, 2.75) is 4.34 Å². The lowest BCUT2D eigenvalue weighted by molar-refractivity contribution is -0.128. The molecule has 0 unspecified atom stereocenters. The lowest BCUT2D eigenvalue weighted by Gasteiger charge is -2.35. The maximum atomic E-state index is 12.6. The number of nitrogens with zero attached hydrogens (tertiary/aromatic N) is 8. The molecule has 0 bridgehead atoms. The summed E-state index contributed by atoms with van der Waals surface area (Å²) >= 11 is 3.14. The molecule has 1 aromatic carbocycles. The molecule has 3 aromatic heterocycles. The molecule has 152 valence electrons. The van der Waals surface area contributed by atoms with E-state index in [1.165, 1.54) is 18.1 Å². The van der Waals surface area contributed by atoms with Gasteiger partial charge in [0.05, 0.1) is 16.0 Å². The number of rotatable bonds is 5. The molecule has 0 radical (unpaired) electrons. The van der Waals surface area contributed by atoms with E-state index in [2.05, 4.69) is 36.2 Å². The fraction of sp³-hybridized carbons (Fsp3) is 0.263. The molecular weight excluding hydrogens is 420 g/mol. The van der Waals surface area contributed by atoms with E-state index in [-0.39, 0.29) is 5.91 Å². The van der Waals surface area contributed by atoms with Gasteiger partial charge in [-0.2, -0.15) is 5.10 Å². The second-order valence-electron chi connectivity index (χ2n) is 6.69. The number of anilines is 1. The Labute approximate surface area is 180 Å². The molecule has 30 heavy (non-hydrogen) atoms. The van der Waals surface area contributed by atoms with Crippen molar-refractivity contribution in [2.75, 3.05) is 36.8 Å². The molecule has 5 rings (SSSR count). The number of carbonyl (C=O) groups excluding carboxylic acids is 1. The number of benzene rings is 1. The van der Waals surface area contributed by atoms with E-state index in [9.17, 15) is 4.79 Å². The zero-order chi connectivity index (χ0) is 20.3. The van der Waals surface area contributed by atoms with Crippen molar-refractivity contribution in [3.63, 3.8) is 0 Å². The summed E-state index contributed by atoms with van der Waals surface area (Å²) in [6.45, 7) is 2.81. The quantitative estimate of drug-likeness (QED) is 0.438. The predicted octanol–water partition coefficient (Wildman–Crippen LogP) is 2.11. The number of amides is 1. The third kappa shape index (κ3) is 3.98. The first-order valence-electron chi connectivity index (χ1n) is 9.46. The van der Waals surface area contributed by atoms with Crippen molar-refractivity contribution in [3.05, 3.63) is 49.1 Å². The highest BCUT2D eigenvalue weighted by atomic mass is 32.2. The zero-order valence-electron chi connectivity index (χ0n) is 16.0. The predicted molar refractivity (Wildman–Crippen MR) is 116 cm³/mol. The second-order valence-corrected chi connectivity index (χ2v) is 8.95. The summed E-state index contributed by atoms with van der Waals surface area (Å²) in [7, 11) is 0. The van der Waals surface area contributed by atoms with Gasteiger partial charge in [-0.25, -0.2) is 14.6 Å². The average molecular weight is 439 g/mol. The molecule has 1 fully saturated rings. The topological polar surface area (TPSA) is 92.9 Å². The van der Waals surface area contributed by atoms with Crippen LogP contribution in [0.15, 0.2) is 53.4 Å². The number of thioether (sulfide) groups is 1. The molecule has 0 aliphatic carbocycles. The van der Waals surface area contributed by atoms with Gasteiger partial charge in [0.25, 0.3) is 0 Å². The summed E-state index contributed by atoms with van der Waals surface area (Å²) in [6, 6.07) is 11.8. The smallest absolute Gasteiger partial charge is 0.233 e. The van der Waals surface area contributed by atoms with Gasteiger partial charge in [0.15, 0.2) is 16.0 Å². The minimum atomic E-state index is 0.145. The van der Waals surface area contributed by atoms with Crippen LogP contribution in [0.25, 0.3) is 16.0 Å². The van der Waals surface area contributed by atoms with Crippen molar-refractivity contribution in [2.24, 2.45) is 0 Å². The lowest BCUT2D eigenvalue weighted by atomic mass is 10.3. The number of fused-ring (bicyclic) bond motifs is 1. The van der Waals surface area contributed by atoms with Crippen LogP contribution in [0.5, 0.6) is 0 Å². The van der Waals surface area contributed by atoms with Crippen LogP contribution in [0.1, 0.15) is 0 Å². The summed E-state index contributed by atoms with van der Waals surface area (Å²) in [4.78, 5) is 25.2. The van der Waals surface area contributed by atoms with Crippen LogP contribution in [0.4, 0.5) is 5.82 Å². The molecule has 0 atom stereocenters. The molecule has 4 heterocycles. The van der Waals surface area contributed by atoms with Crippen LogP contribution in [-0.4, -0.2) is 72.7 Å². The number of hydrogen-bond acceptors (Lipinski definition) is 9. The van der Waals surface area contributed by atoms with Crippen LogP contribution in [-0.2, 0) is 4.79 Å². The van der Waals surface area contributed by atoms with E-state index < -0.39 is 0 Å². The van der Waals surface area contributed by atoms with Crippen molar-refractivity contribution >= 4 is 45.0 Å². The molecule has 1 saturated heterocycles. The Bertz CT molecular complexity index is 1100. The van der Waals surface area contributed by atoms with Gasteiger partial charge in [-0.3, -0.25) is 4.79 Å². The second kappa shape index (κ2) is 8.36. The summed E-state index contributed by atoms with van der Waals surface area (Å²) in [5.41, 5.74) is 0.988. The number of aromatic nitrogens is 6. The highest BCUT2D eigenvalue weighted by Crippen LogP contribution is 2.29. The van der Waals surface area contributed by atoms with Crippen LogP contribution < -0.4 is 4.90 Å². The third-order valence-electron chi connectivity index (χ3n) is 4.84. The Balaban J connectivity index is 1.14. The molecule has 0 spiro atoms. The van der Waals surface area contributed by atoms with Crippen molar-refractivity contribution < 1.29 is 4.79 Å². The Morgan fingerprint density at radius 1 is 1.03 bits per heavy atom. The fourth-order valence-electron chi connectivity index (χ4n) is 3.25. The van der Waals surface area contributed by atoms with E-state index in [0.29, 0.717) is 24.7 Å². The molecule has 11 heteroatoms. The Morgan fingerprint density at radius 2 is 1.83 bits per heavy atom. The van der Waals surface area contributed by atoms with E-state index in [4.69, 9.17) is 0 Å². The van der Waals surface area contributed by atoms with Crippen molar-refractivity contribution in [3.8, 4) is 5.82 Å². The monoisotopic (exact) mass is 438 g/mol.